The van der Waals surface area contributed by atoms with Crippen molar-refractivity contribution in [2.45, 2.75) is 12.5 Å². The summed E-state index contributed by atoms with van der Waals surface area (Å²) >= 11 is 0. The zero-order valence-electron chi connectivity index (χ0n) is 12.0. The molecule has 0 spiro atoms. The smallest absolute Gasteiger partial charge is 0.243 e. The molecule has 4 heteroatoms. The number of nitrogens with two attached hydrogens (primary N) is 1. The lowest BCUT2D eigenvalue weighted by atomic mass is 10.1. The van der Waals surface area contributed by atoms with Gasteiger partial charge >= 0.3 is 0 Å². The number of carbonyl (C=O) groups excluding carboxylic acids is 1. The van der Waals surface area contributed by atoms with Crippen LogP contribution in [-0.4, -0.2) is 24.4 Å². The number of benzene rings is 2. The van der Waals surface area contributed by atoms with E-state index >= 15 is 0 Å². The fourth-order valence-electron chi connectivity index (χ4n) is 2.10. The predicted octanol–water partition coefficient (Wildman–Crippen LogP) is 2.53. The van der Waals surface area contributed by atoms with Gasteiger partial charge in [-0.1, -0.05) is 42.5 Å². The van der Waals surface area contributed by atoms with Crippen LogP contribution in [0, 0.1) is 5.82 Å². The minimum absolute atomic E-state index is 0.122. The Labute approximate surface area is 124 Å². The molecule has 2 N–H and O–H groups in total. The molecule has 1 atom stereocenters. The van der Waals surface area contributed by atoms with E-state index in [0.29, 0.717) is 13.0 Å². The molecule has 2 rings (SSSR count). The lowest BCUT2D eigenvalue weighted by molar-refractivity contribution is -0.131. The molecule has 2 aromatic carbocycles. The fourth-order valence-corrected chi connectivity index (χ4v) is 2.10. The molecule has 0 aliphatic carbocycles. The van der Waals surface area contributed by atoms with Crippen LogP contribution in [0.3, 0.4) is 0 Å². The number of rotatable bonds is 5. The van der Waals surface area contributed by atoms with Crippen LogP contribution in [0.25, 0.3) is 0 Å². The van der Waals surface area contributed by atoms with E-state index in [1.807, 2.05) is 30.3 Å². The fraction of sp³-hybridized carbons (Fsp3) is 0.235. The SMILES string of the molecule is CN(CCc1ccc(F)cc1)C(=O)[C@H](N)c1ccccc1. The van der Waals surface area contributed by atoms with Crippen molar-refractivity contribution in [1.82, 2.24) is 4.90 Å². The normalized spacial score (nSPS) is 12.0. The monoisotopic (exact) mass is 286 g/mol. The van der Waals surface area contributed by atoms with E-state index in [-0.39, 0.29) is 11.7 Å². The molecule has 0 aliphatic heterocycles. The number of amides is 1. The van der Waals surface area contributed by atoms with E-state index in [9.17, 15) is 9.18 Å². The van der Waals surface area contributed by atoms with Crippen molar-refractivity contribution in [2.24, 2.45) is 5.73 Å². The summed E-state index contributed by atoms with van der Waals surface area (Å²) in [5.41, 5.74) is 7.78. The molecular weight excluding hydrogens is 267 g/mol. The number of carbonyl (C=O) groups is 1. The minimum Gasteiger partial charge on any atom is -0.344 e. The first kappa shape index (κ1) is 15.2. The van der Waals surface area contributed by atoms with Gasteiger partial charge in [-0.2, -0.15) is 0 Å². The van der Waals surface area contributed by atoms with Gasteiger partial charge in [-0.3, -0.25) is 4.79 Å². The predicted molar refractivity (Wildman–Crippen MR) is 81.1 cm³/mol. The highest BCUT2D eigenvalue weighted by Gasteiger charge is 2.19. The maximum absolute atomic E-state index is 12.8. The quantitative estimate of drug-likeness (QED) is 0.918. The van der Waals surface area contributed by atoms with Gasteiger partial charge in [0.1, 0.15) is 11.9 Å². The van der Waals surface area contributed by atoms with Gasteiger partial charge in [-0.15, -0.1) is 0 Å². The third-order valence-electron chi connectivity index (χ3n) is 3.45. The second kappa shape index (κ2) is 6.99. The summed E-state index contributed by atoms with van der Waals surface area (Å²) in [5.74, 6) is -0.377. The highest BCUT2D eigenvalue weighted by atomic mass is 19.1. The van der Waals surface area contributed by atoms with Crippen LogP contribution in [-0.2, 0) is 11.2 Å². The molecule has 0 aliphatic rings. The van der Waals surface area contributed by atoms with Crippen molar-refractivity contribution in [1.29, 1.82) is 0 Å². The van der Waals surface area contributed by atoms with E-state index in [1.165, 1.54) is 12.1 Å². The van der Waals surface area contributed by atoms with E-state index in [2.05, 4.69) is 0 Å². The van der Waals surface area contributed by atoms with E-state index in [4.69, 9.17) is 5.73 Å². The molecule has 0 aromatic heterocycles. The zero-order valence-corrected chi connectivity index (χ0v) is 12.0. The van der Waals surface area contributed by atoms with Gasteiger partial charge in [0.2, 0.25) is 5.91 Å². The number of nitrogens with zero attached hydrogens (tertiary/aromatic N) is 1. The Morgan fingerprint density at radius 1 is 1.14 bits per heavy atom. The summed E-state index contributed by atoms with van der Waals surface area (Å²) in [6.45, 7) is 0.547. The Bertz CT molecular complexity index is 583. The maximum Gasteiger partial charge on any atom is 0.243 e. The molecule has 0 saturated carbocycles. The molecule has 0 bridgehead atoms. The summed E-state index contributed by atoms with van der Waals surface area (Å²) in [6, 6.07) is 15.0. The van der Waals surface area contributed by atoms with Crippen molar-refractivity contribution >= 4 is 5.91 Å². The van der Waals surface area contributed by atoms with Crippen LogP contribution in [0.1, 0.15) is 17.2 Å². The Morgan fingerprint density at radius 3 is 2.38 bits per heavy atom. The molecule has 3 nitrogen and oxygen atoms in total. The standard InChI is InChI=1S/C17H19FN2O/c1-20(12-11-13-7-9-15(18)10-8-13)17(21)16(19)14-5-3-2-4-6-14/h2-10,16H,11-12,19H2,1H3/t16-/m1/s1. The first-order valence-electron chi connectivity index (χ1n) is 6.88. The third-order valence-corrected chi connectivity index (χ3v) is 3.45. The summed E-state index contributed by atoms with van der Waals surface area (Å²) in [7, 11) is 1.73. The zero-order chi connectivity index (χ0) is 15.2. The first-order valence-corrected chi connectivity index (χ1v) is 6.88. The van der Waals surface area contributed by atoms with Crippen molar-refractivity contribution in [3.63, 3.8) is 0 Å². The van der Waals surface area contributed by atoms with Crippen LogP contribution in [0.15, 0.2) is 54.6 Å². The maximum atomic E-state index is 12.8. The Kier molecular flexibility index (Phi) is 5.06. The van der Waals surface area contributed by atoms with Crippen molar-refractivity contribution in [3.8, 4) is 0 Å². The highest BCUT2D eigenvalue weighted by Crippen LogP contribution is 2.12. The topological polar surface area (TPSA) is 46.3 Å². The van der Waals surface area contributed by atoms with Gasteiger partial charge in [0.15, 0.2) is 0 Å². The highest BCUT2D eigenvalue weighted by molar-refractivity contribution is 5.82. The Balaban J connectivity index is 1.92. The molecule has 0 fully saturated rings. The van der Waals surface area contributed by atoms with Gasteiger partial charge in [-0.25, -0.2) is 4.39 Å². The Hall–Kier alpha value is -2.20. The number of likely N-dealkylation sites (N-methyl/N-ethyl adjacent to an activating group) is 1. The molecule has 2 aromatic rings. The van der Waals surface area contributed by atoms with E-state index in [1.54, 1.807) is 24.1 Å². The van der Waals surface area contributed by atoms with Crippen LogP contribution in [0.5, 0.6) is 0 Å². The average Bonchev–Trinajstić information content (AvgIpc) is 2.53. The third kappa shape index (κ3) is 4.13. The molecule has 21 heavy (non-hydrogen) atoms. The number of halogens is 1. The lowest BCUT2D eigenvalue weighted by Crippen LogP contribution is -2.37. The first-order chi connectivity index (χ1) is 10.1. The van der Waals surface area contributed by atoms with Crippen LogP contribution < -0.4 is 5.73 Å². The van der Waals surface area contributed by atoms with Gasteiger partial charge in [0.05, 0.1) is 0 Å². The second-order valence-corrected chi connectivity index (χ2v) is 5.02. The van der Waals surface area contributed by atoms with Gasteiger partial charge < -0.3 is 10.6 Å². The summed E-state index contributed by atoms with van der Waals surface area (Å²) in [5, 5.41) is 0. The minimum atomic E-state index is -0.649. The largest absolute Gasteiger partial charge is 0.344 e. The summed E-state index contributed by atoms with van der Waals surface area (Å²) < 4.78 is 12.8. The molecule has 0 saturated heterocycles. The molecule has 1 amide bonds. The molecule has 110 valence electrons. The van der Waals surface area contributed by atoms with Crippen molar-refractivity contribution in [3.05, 3.63) is 71.5 Å². The Morgan fingerprint density at radius 2 is 1.76 bits per heavy atom. The lowest BCUT2D eigenvalue weighted by Gasteiger charge is -2.21. The summed E-state index contributed by atoms with van der Waals surface area (Å²) in [4.78, 5) is 13.9. The average molecular weight is 286 g/mol. The van der Waals surface area contributed by atoms with Gasteiger partial charge in [0.25, 0.3) is 0 Å². The van der Waals surface area contributed by atoms with Gasteiger partial charge in [-0.05, 0) is 29.7 Å². The molecular formula is C17H19FN2O. The van der Waals surface area contributed by atoms with Crippen LogP contribution in [0.2, 0.25) is 0 Å². The number of hydrogen-bond acceptors (Lipinski definition) is 2. The summed E-state index contributed by atoms with van der Waals surface area (Å²) in [6.07, 6.45) is 0.671. The van der Waals surface area contributed by atoms with E-state index < -0.39 is 6.04 Å². The van der Waals surface area contributed by atoms with Crippen molar-refractivity contribution in [2.75, 3.05) is 13.6 Å². The number of hydrogen-bond donors (Lipinski definition) is 1. The van der Waals surface area contributed by atoms with Crippen LogP contribution >= 0.6 is 0 Å². The molecule has 0 heterocycles. The molecule has 0 unspecified atom stereocenters. The van der Waals surface area contributed by atoms with E-state index in [0.717, 1.165) is 11.1 Å². The molecule has 0 radical (unpaired) electrons. The van der Waals surface area contributed by atoms with Crippen molar-refractivity contribution < 1.29 is 9.18 Å². The van der Waals surface area contributed by atoms with Gasteiger partial charge in [0, 0.05) is 13.6 Å². The van der Waals surface area contributed by atoms with Crippen LogP contribution in [0.4, 0.5) is 4.39 Å². The second-order valence-electron chi connectivity index (χ2n) is 5.02.